The van der Waals surface area contributed by atoms with Crippen molar-refractivity contribution in [2.75, 3.05) is 0 Å². The van der Waals surface area contributed by atoms with Crippen molar-refractivity contribution >= 4 is 35.0 Å². The van der Waals surface area contributed by atoms with Crippen LogP contribution in [0, 0.1) is 0 Å². The number of benzene rings is 1. The summed E-state index contributed by atoms with van der Waals surface area (Å²) < 4.78 is 0. The Labute approximate surface area is 160 Å². The van der Waals surface area contributed by atoms with Gasteiger partial charge in [-0.1, -0.05) is 23.2 Å². The molecule has 0 radical (unpaired) electrons. The minimum Gasteiger partial charge on any atom is -0.368 e. The van der Waals surface area contributed by atoms with E-state index < -0.39 is 11.9 Å². The summed E-state index contributed by atoms with van der Waals surface area (Å²) in [4.78, 5) is 34.6. The first kappa shape index (κ1) is 18.4. The lowest BCUT2D eigenvalue weighted by atomic mass is 10.0. The van der Waals surface area contributed by atoms with Crippen LogP contribution in [0.4, 0.5) is 0 Å². The third kappa shape index (κ3) is 4.03. The number of primary amides is 1. The fourth-order valence-electron chi connectivity index (χ4n) is 2.82. The SMILES string of the molecule is NC(=O)[C@H](c1cc(Cl)cc(-c2ncccn2)c1)N(C(=O)/C=C\Cl)C1CC1. The van der Waals surface area contributed by atoms with E-state index in [4.69, 9.17) is 28.9 Å². The summed E-state index contributed by atoms with van der Waals surface area (Å²) in [5.41, 5.74) is 7.91. The molecule has 1 aliphatic rings. The van der Waals surface area contributed by atoms with Gasteiger partial charge in [0.25, 0.3) is 0 Å². The summed E-state index contributed by atoms with van der Waals surface area (Å²) in [6, 6.07) is 5.74. The van der Waals surface area contributed by atoms with Crippen LogP contribution in [0.3, 0.4) is 0 Å². The topological polar surface area (TPSA) is 89.2 Å². The fraction of sp³-hybridized carbons (Fsp3) is 0.222. The van der Waals surface area contributed by atoms with Crippen molar-refractivity contribution in [2.45, 2.75) is 24.9 Å². The molecule has 6 nitrogen and oxygen atoms in total. The Bertz CT molecular complexity index is 854. The van der Waals surface area contributed by atoms with Crippen LogP contribution < -0.4 is 5.73 Å². The van der Waals surface area contributed by atoms with Gasteiger partial charge in [-0.2, -0.15) is 0 Å². The van der Waals surface area contributed by atoms with Crippen molar-refractivity contribution in [3.8, 4) is 11.4 Å². The molecular formula is C18H16Cl2N4O2. The smallest absolute Gasteiger partial charge is 0.248 e. The standard InChI is InChI=1S/C18H16Cl2N4O2/c19-5-4-15(25)24(14-2-3-14)16(17(21)26)11-8-12(10-13(20)9-11)18-22-6-1-7-23-18/h1,4-10,14,16H,2-3H2,(H2,21,26)/b5-4-/t16-/m0/s1. The van der Waals surface area contributed by atoms with Crippen LogP contribution >= 0.6 is 23.2 Å². The van der Waals surface area contributed by atoms with E-state index in [1.807, 2.05) is 0 Å². The predicted octanol–water partition coefficient (Wildman–Crippen LogP) is 3.07. The molecule has 8 heteroatoms. The van der Waals surface area contributed by atoms with Gasteiger partial charge in [-0.25, -0.2) is 9.97 Å². The average Bonchev–Trinajstić information content (AvgIpc) is 3.44. The molecule has 0 aliphatic heterocycles. The zero-order valence-electron chi connectivity index (χ0n) is 13.7. The zero-order chi connectivity index (χ0) is 18.7. The first-order chi connectivity index (χ1) is 12.5. The quantitative estimate of drug-likeness (QED) is 0.767. The molecule has 2 amide bonds. The molecule has 134 valence electrons. The normalized spacial score (nSPS) is 15.0. The molecule has 0 unspecified atom stereocenters. The van der Waals surface area contributed by atoms with Gasteiger partial charge < -0.3 is 10.6 Å². The molecular weight excluding hydrogens is 375 g/mol. The number of hydrogen-bond donors (Lipinski definition) is 1. The Morgan fingerprint density at radius 1 is 1.23 bits per heavy atom. The summed E-state index contributed by atoms with van der Waals surface area (Å²) in [5.74, 6) is -0.552. The number of carbonyl (C=O) groups is 2. The third-order valence-electron chi connectivity index (χ3n) is 4.01. The van der Waals surface area contributed by atoms with Gasteiger partial charge in [0.1, 0.15) is 6.04 Å². The second kappa shape index (κ2) is 7.85. The number of aromatic nitrogens is 2. The lowest BCUT2D eigenvalue weighted by Gasteiger charge is -2.29. The third-order valence-corrected chi connectivity index (χ3v) is 4.35. The number of rotatable bonds is 6. The maximum Gasteiger partial charge on any atom is 0.248 e. The van der Waals surface area contributed by atoms with E-state index in [-0.39, 0.29) is 11.9 Å². The number of nitrogens with two attached hydrogens (primary N) is 1. The molecule has 1 fully saturated rings. The molecule has 1 atom stereocenters. The number of hydrogen-bond acceptors (Lipinski definition) is 4. The molecule has 3 rings (SSSR count). The molecule has 0 saturated heterocycles. The maximum atomic E-state index is 12.5. The van der Waals surface area contributed by atoms with Crippen LogP contribution in [0.5, 0.6) is 0 Å². The lowest BCUT2D eigenvalue weighted by Crippen LogP contribution is -2.42. The van der Waals surface area contributed by atoms with Crippen LogP contribution in [-0.2, 0) is 9.59 Å². The van der Waals surface area contributed by atoms with Crippen LogP contribution in [-0.4, -0.2) is 32.7 Å². The highest BCUT2D eigenvalue weighted by molar-refractivity contribution is 6.31. The van der Waals surface area contributed by atoms with E-state index in [1.54, 1.807) is 36.7 Å². The number of halogens is 2. The molecule has 1 aliphatic carbocycles. The van der Waals surface area contributed by atoms with Gasteiger partial charge in [-0.3, -0.25) is 9.59 Å². The van der Waals surface area contributed by atoms with E-state index >= 15 is 0 Å². The molecule has 2 aromatic rings. The summed E-state index contributed by atoms with van der Waals surface area (Å²) in [7, 11) is 0. The Morgan fingerprint density at radius 3 is 2.50 bits per heavy atom. The van der Waals surface area contributed by atoms with Crippen molar-refractivity contribution < 1.29 is 9.59 Å². The Balaban J connectivity index is 2.07. The largest absolute Gasteiger partial charge is 0.368 e. The number of carbonyl (C=O) groups excluding carboxylic acids is 2. The molecule has 2 N–H and O–H groups in total. The van der Waals surface area contributed by atoms with Crippen molar-refractivity contribution in [1.29, 1.82) is 0 Å². The summed E-state index contributed by atoms with van der Waals surface area (Å²) >= 11 is 11.8. The van der Waals surface area contributed by atoms with Crippen molar-refractivity contribution in [3.63, 3.8) is 0 Å². The second-order valence-corrected chi connectivity index (χ2v) is 6.61. The highest BCUT2D eigenvalue weighted by Crippen LogP contribution is 2.36. The van der Waals surface area contributed by atoms with E-state index in [9.17, 15) is 9.59 Å². The number of nitrogens with zero attached hydrogens (tertiary/aromatic N) is 3. The summed E-state index contributed by atoms with van der Waals surface area (Å²) in [6.07, 6.45) is 6.04. The monoisotopic (exact) mass is 390 g/mol. The summed E-state index contributed by atoms with van der Waals surface area (Å²) in [6.45, 7) is 0. The molecule has 1 aromatic carbocycles. The minimum atomic E-state index is -0.955. The molecule has 0 bridgehead atoms. The molecule has 0 spiro atoms. The maximum absolute atomic E-state index is 12.5. The van der Waals surface area contributed by atoms with Crippen LogP contribution in [0.1, 0.15) is 24.4 Å². The van der Waals surface area contributed by atoms with Gasteiger partial charge in [0.15, 0.2) is 5.82 Å². The van der Waals surface area contributed by atoms with Crippen LogP contribution in [0.15, 0.2) is 48.3 Å². The minimum absolute atomic E-state index is 0.0525. The van der Waals surface area contributed by atoms with Gasteiger partial charge in [0, 0.05) is 40.6 Å². The van der Waals surface area contributed by atoms with Crippen LogP contribution in [0.2, 0.25) is 5.02 Å². The molecule has 1 saturated carbocycles. The lowest BCUT2D eigenvalue weighted by molar-refractivity contribution is -0.136. The first-order valence-electron chi connectivity index (χ1n) is 7.97. The first-order valence-corrected chi connectivity index (χ1v) is 8.79. The molecule has 26 heavy (non-hydrogen) atoms. The second-order valence-electron chi connectivity index (χ2n) is 5.92. The molecule has 1 aromatic heterocycles. The van der Waals surface area contributed by atoms with E-state index in [0.717, 1.165) is 18.4 Å². The van der Waals surface area contributed by atoms with Crippen molar-refractivity contribution in [1.82, 2.24) is 14.9 Å². The zero-order valence-corrected chi connectivity index (χ0v) is 15.2. The van der Waals surface area contributed by atoms with Crippen molar-refractivity contribution in [2.24, 2.45) is 5.73 Å². The van der Waals surface area contributed by atoms with E-state index in [2.05, 4.69) is 9.97 Å². The average molecular weight is 391 g/mol. The Hall–Kier alpha value is -2.44. The number of amides is 2. The Morgan fingerprint density at radius 2 is 1.92 bits per heavy atom. The van der Waals surface area contributed by atoms with E-state index in [1.165, 1.54) is 11.0 Å². The van der Waals surface area contributed by atoms with Gasteiger partial charge in [0.2, 0.25) is 11.8 Å². The van der Waals surface area contributed by atoms with Gasteiger partial charge in [-0.15, -0.1) is 0 Å². The van der Waals surface area contributed by atoms with Crippen molar-refractivity contribution in [3.05, 3.63) is 58.9 Å². The molecule has 1 heterocycles. The highest BCUT2D eigenvalue weighted by atomic mass is 35.5. The van der Waals surface area contributed by atoms with E-state index in [0.29, 0.717) is 22.0 Å². The predicted molar refractivity (Wildman–Crippen MR) is 99.3 cm³/mol. The summed E-state index contributed by atoms with van der Waals surface area (Å²) in [5, 5.41) is 0.396. The Kier molecular flexibility index (Phi) is 5.54. The van der Waals surface area contributed by atoms with Gasteiger partial charge in [0.05, 0.1) is 0 Å². The van der Waals surface area contributed by atoms with Crippen LogP contribution in [0.25, 0.3) is 11.4 Å². The van der Waals surface area contributed by atoms with Gasteiger partial charge >= 0.3 is 0 Å². The van der Waals surface area contributed by atoms with Gasteiger partial charge in [-0.05, 0) is 42.7 Å². The fourth-order valence-corrected chi connectivity index (χ4v) is 3.17. The highest BCUT2D eigenvalue weighted by Gasteiger charge is 2.40.